The van der Waals surface area contributed by atoms with Gasteiger partial charge in [-0.05, 0) is 74.7 Å². The number of benzene rings is 3. The molecule has 0 aliphatic carbocycles. The minimum Gasteiger partial charge on any atom is -0.493 e. The zero-order valence-corrected chi connectivity index (χ0v) is 26.4. The van der Waals surface area contributed by atoms with Crippen molar-refractivity contribution >= 4 is 52.8 Å². The van der Waals surface area contributed by atoms with Gasteiger partial charge in [0.15, 0.2) is 29.6 Å². The van der Waals surface area contributed by atoms with Gasteiger partial charge in [-0.25, -0.2) is 9.69 Å². The van der Waals surface area contributed by atoms with Crippen molar-refractivity contribution in [2.75, 3.05) is 37.1 Å². The normalized spacial score (nSPS) is 13.9. The first-order valence-corrected chi connectivity index (χ1v) is 14.6. The molecule has 11 nitrogen and oxygen atoms in total. The number of rotatable bonds is 12. The molecule has 1 aliphatic rings. The van der Waals surface area contributed by atoms with Crippen molar-refractivity contribution in [1.82, 2.24) is 5.32 Å². The summed E-state index contributed by atoms with van der Waals surface area (Å²) in [5.41, 5.74) is 2.82. The standard InChI is InChI=1S/C33H34ClN3O8/c1-6-12-44-26-11-9-22(17-27(26)42-5)37-32(40)23(31(39)36-33(37)41)14-21-15-24(34)30(28(16-21)43-7-2)45-18-29(38)35-25-10-8-19(3)13-20(25)4/h8-11,13-17H,6-7,12,18H2,1-5H3,(H,35,38)(H,36,39,41)/b23-14-. The summed E-state index contributed by atoms with van der Waals surface area (Å²) in [7, 11) is 1.44. The number of aryl methyl sites for hydroxylation is 2. The van der Waals surface area contributed by atoms with Crippen molar-refractivity contribution in [3.63, 3.8) is 0 Å². The van der Waals surface area contributed by atoms with Gasteiger partial charge in [0.2, 0.25) is 0 Å². The predicted molar refractivity (Wildman–Crippen MR) is 170 cm³/mol. The molecule has 1 aliphatic heterocycles. The van der Waals surface area contributed by atoms with E-state index in [1.807, 2.05) is 39.0 Å². The molecule has 0 bridgehead atoms. The molecule has 3 aromatic rings. The van der Waals surface area contributed by atoms with Crippen molar-refractivity contribution < 1.29 is 38.1 Å². The third-order valence-electron chi connectivity index (χ3n) is 6.62. The molecular weight excluding hydrogens is 602 g/mol. The largest absolute Gasteiger partial charge is 0.493 e. The van der Waals surface area contributed by atoms with Gasteiger partial charge in [0.05, 0.1) is 31.0 Å². The van der Waals surface area contributed by atoms with E-state index in [-0.39, 0.29) is 41.0 Å². The van der Waals surface area contributed by atoms with Crippen LogP contribution >= 0.6 is 11.6 Å². The van der Waals surface area contributed by atoms with Crippen LogP contribution in [0.4, 0.5) is 16.2 Å². The molecule has 0 saturated carbocycles. The molecule has 5 amide bonds. The Hall–Kier alpha value is -5.03. The summed E-state index contributed by atoms with van der Waals surface area (Å²) in [4.78, 5) is 52.5. The summed E-state index contributed by atoms with van der Waals surface area (Å²) < 4.78 is 22.5. The van der Waals surface area contributed by atoms with Gasteiger partial charge in [-0.15, -0.1) is 0 Å². The lowest BCUT2D eigenvalue weighted by Crippen LogP contribution is -2.54. The predicted octanol–water partition coefficient (Wildman–Crippen LogP) is 5.84. The first kappa shape index (κ1) is 32.9. The topological polar surface area (TPSA) is 132 Å². The lowest BCUT2D eigenvalue weighted by atomic mass is 10.1. The Bertz CT molecular complexity index is 1670. The van der Waals surface area contributed by atoms with Crippen molar-refractivity contribution in [2.45, 2.75) is 34.1 Å². The van der Waals surface area contributed by atoms with E-state index in [4.69, 9.17) is 30.5 Å². The lowest BCUT2D eigenvalue weighted by molar-refractivity contribution is -0.122. The van der Waals surface area contributed by atoms with Gasteiger partial charge < -0.3 is 24.3 Å². The van der Waals surface area contributed by atoms with Crippen molar-refractivity contribution in [3.05, 3.63) is 75.8 Å². The second kappa shape index (κ2) is 14.6. The first-order chi connectivity index (χ1) is 21.6. The Kier molecular flexibility index (Phi) is 10.7. The van der Waals surface area contributed by atoms with E-state index < -0.39 is 23.8 Å². The minimum atomic E-state index is -0.915. The fraction of sp³-hybridized carbons (Fsp3) is 0.273. The summed E-state index contributed by atoms with van der Waals surface area (Å²) in [5, 5.41) is 5.08. The van der Waals surface area contributed by atoms with Gasteiger partial charge in [0, 0.05) is 11.8 Å². The molecule has 3 aromatic carbocycles. The Morgan fingerprint density at radius 1 is 0.956 bits per heavy atom. The number of carbonyl (C=O) groups excluding carboxylic acids is 4. The molecule has 0 unspecified atom stereocenters. The van der Waals surface area contributed by atoms with Crippen molar-refractivity contribution in [1.29, 1.82) is 0 Å². The van der Waals surface area contributed by atoms with Gasteiger partial charge in [-0.2, -0.15) is 0 Å². The highest BCUT2D eigenvalue weighted by molar-refractivity contribution is 6.39. The van der Waals surface area contributed by atoms with Gasteiger partial charge >= 0.3 is 6.03 Å². The van der Waals surface area contributed by atoms with Crippen LogP contribution in [0.15, 0.2) is 54.1 Å². The molecule has 1 fully saturated rings. The molecule has 0 atom stereocenters. The van der Waals surface area contributed by atoms with Crippen LogP contribution in [0.1, 0.15) is 37.0 Å². The maximum absolute atomic E-state index is 13.5. The number of hydrogen-bond donors (Lipinski definition) is 2. The Balaban J connectivity index is 1.58. The molecule has 4 rings (SSSR count). The number of methoxy groups -OCH3 is 1. The second-order valence-electron chi connectivity index (χ2n) is 10.1. The van der Waals surface area contributed by atoms with Crippen molar-refractivity contribution in [3.8, 4) is 23.0 Å². The van der Waals surface area contributed by atoms with Gasteiger partial charge in [0.1, 0.15) is 5.57 Å². The van der Waals surface area contributed by atoms with E-state index in [0.717, 1.165) is 22.4 Å². The number of nitrogens with one attached hydrogen (secondary N) is 2. The number of barbiturate groups is 1. The van der Waals surface area contributed by atoms with Crippen LogP contribution in [0.5, 0.6) is 23.0 Å². The van der Waals surface area contributed by atoms with E-state index in [0.29, 0.717) is 29.4 Å². The summed E-state index contributed by atoms with van der Waals surface area (Å²) in [6, 6.07) is 12.3. The third kappa shape index (κ3) is 7.74. The number of ether oxygens (including phenoxy) is 4. The molecule has 12 heteroatoms. The number of halogens is 1. The molecule has 45 heavy (non-hydrogen) atoms. The van der Waals surface area contributed by atoms with E-state index >= 15 is 0 Å². The third-order valence-corrected chi connectivity index (χ3v) is 6.90. The van der Waals surface area contributed by atoms with Crippen LogP contribution in [0.3, 0.4) is 0 Å². The molecule has 236 valence electrons. The fourth-order valence-electron chi connectivity index (χ4n) is 4.54. The molecule has 0 spiro atoms. The number of anilines is 2. The van der Waals surface area contributed by atoms with Crippen LogP contribution in [0, 0.1) is 13.8 Å². The van der Waals surface area contributed by atoms with Crippen molar-refractivity contribution in [2.24, 2.45) is 0 Å². The number of imide groups is 2. The average molecular weight is 636 g/mol. The zero-order chi connectivity index (χ0) is 32.7. The number of nitrogens with zero attached hydrogens (tertiary/aromatic N) is 1. The lowest BCUT2D eigenvalue weighted by Gasteiger charge is -2.27. The smallest absolute Gasteiger partial charge is 0.335 e. The van der Waals surface area contributed by atoms with Crippen LogP contribution in [0.25, 0.3) is 6.08 Å². The zero-order valence-electron chi connectivity index (χ0n) is 25.6. The summed E-state index contributed by atoms with van der Waals surface area (Å²) in [6.07, 6.45) is 2.07. The highest BCUT2D eigenvalue weighted by Gasteiger charge is 2.37. The van der Waals surface area contributed by atoms with E-state index in [2.05, 4.69) is 10.6 Å². The summed E-state index contributed by atoms with van der Waals surface area (Å²) >= 11 is 6.54. The van der Waals surface area contributed by atoms with Crippen LogP contribution < -0.4 is 34.5 Å². The summed E-state index contributed by atoms with van der Waals surface area (Å²) in [6.45, 7) is 7.91. The van der Waals surface area contributed by atoms with E-state index in [9.17, 15) is 19.2 Å². The maximum Gasteiger partial charge on any atom is 0.335 e. The number of urea groups is 1. The SMILES string of the molecule is CCCOc1ccc(N2C(=O)NC(=O)/C(=C/c3cc(Cl)c(OCC(=O)Nc4ccc(C)cc4C)c(OCC)c3)C2=O)cc1OC. The Labute approximate surface area is 266 Å². The van der Waals surface area contributed by atoms with Gasteiger partial charge in [0.25, 0.3) is 17.7 Å². The average Bonchev–Trinajstić information content (AvgIpc) is 2.99. The second-order valence-corrected chi connectivity index (χ2v) is 10.5. The highest BCUT2D eigenvalue weighted by atomic mass is 35.5. The van der Waals surface area contributed by atoms with E-state index in [1.165, 1.54) is 37.5 Å². The number of hydrogen-bond acceptors (Lipinski definition) is 8. The Morgan fingerprint density at radius 3 is 2.42 bits per heavy atom. The monoisotopic (exact) mass is 635 g/mol. The summed E-state index contributed by atoms with van der Waals surface area (Å²) in [5.74, 6) is -1.06. The van der Waals surface area contributed by atoms with Crippen LogP contribution in [0.2, 0.25) is 5.02 Å². The fourth-order valence-corrected chi connectivity index (χ4v) is 4.81. The molecular formula is C33H34ClN3O8. The van der Waals surface area contributed by atoms with Gasteiger partial charge in [-0.3, -0.25) is 19.7 Å². The molecule has 0 aromatic heterocycles. The van der Waals surface area contributed by atoms with Crippen LogP contribution in [-0.2, 0) is 14.4 Å². The highest BCUT2D eigenvalue weighted by Crippen LogP contribution is 2.38. The van der Waals surface area contributed by atoms with E-state index in [1.54, 1.807) is 13.0 Å². The van der Waals surface area contributed by atoms with Crippen LogP contribution in [-0.4, -0.2) is 50.7 Å². The number of amides is 5. The Morgan fingerprint density at radius 2 is 1.73 bits per heavy atom. The first-order valence-electron chi connectivity index (χ1n) is 14.2. The van der Waals surface area contributed by atoms with Gasteiger partial charge in [-0.1, -0.05) is 36.2 Å². The molecule has 1 heterocycles. The quantitative estimate of drug-likeness (QED) is 0.187. The maximum atomic E-state index is 13.5. The number of carbonyl (C=O) groups is 4. The molecule has 2 N–H and O–H groups in total. The molecule has 0 radical (unpaired) electrons. The minimum absolute atomic E-state index is 0.0797. The molecule has 1 saturated heterocycles.